The molecule has 0 aliphatic carbocycles. The number of para-hydroxylation sites is 2. The van der Waals surface area contributed by atoms with E-state index in [4.69, 9.17) is 6.42 Å². The Morgan fingerprint density at radius 2 is 2.23 bits per heavy atom. The smallest absolute Gasteiger partial charge is 0.122 e. The highest BCUT2D eigenvalue weighted by atomic mass is 14.9. The number of rotatable bonds is 1. The molecule has 2 heteroatoms. The summed E-state index contributed by atoms with van der Waals surface area (Å²) in [6.07, 6.45) is 7.01. The summed E-state index contributed by atoms with van der Waals surface area (Å²) >= 11 is 0. The molecule has 0 fully saturated rings. The maximum atomic E-state index is 7.01. The molecule has 63 valence electrons. The Kier molecular flexibility index (Phi) is 1.79. The molecule has 1 radical (unpaired) electrons. The highest BCUT2D eigenvalue weighted by molar-refractivity contribution is 5.74. The number of aromatic amines is 1. The predicted molar refractivity (Wildman–Crippen MR) is 51.6 cm³/mol. The van der Waals surface area contributed by atoms with Crippen molar-refractivity contribution in [3.8, 4) is 5.92 Å². The number of hydrogen-bond acceptors (Lipinski definition) is 1. The first kappa shape index (κ1) is 7.88. The van der Waals surface area contributed by atoms with Crippen LogP contribution in [0.5, 0.6) is 0 Å². The average molecular weight is 169 g/mol. The summed E-state index contributed by atoms with van der Waals surface area (Å²) in [5.74, 6) is 3.14. The van der Waals surface area contributed by atoms with E-state index in [1.54, 1.807) is 0 Å². The van der Waals surface area contributed by atoms with E-state index in [0.29, 0.717) is 0 Å². The molecular formula is C11H9N2. The van der Waals surface area contributed by atoms with Crippen molar-refractivity contribution in [1.82, 2.24) is 9.97 Å². The maximum Gasteiger partial charge on any atom is 0.122 e. The van der Waals surface area contributed by atoms with E-state index >= 15 is 0 Å². The van der Waals surface area contributed by atoms with Crippen molar-refractivity contribution >= 4 is 11.0 Å². The van der Waals surface area contributed by atoms with Gasteiger partial charge in [-0.15, -0.1) is 0 Å². The maximum absolute atomic E-state index is 7.01. The summed E-state index contributed by atoms with van der Waals surface area (Å²) in [4.78, 5) is 7.50. The molecule has 0 saturated heterocycles. The lowest BCUT2D eigenvalue weighted by Gasteiger charge is -1.95. The normalized spacial score (nSPS) is 12.6. The van der Waals surface area contributed by atoms with Crippen LogP contribution in [0.4, 0.5) is 0 Å². The van der Waals surface area contributed by atoms with Gasteiger partial charge in [0, 0.05) is 0 Å². The van der Waals surface area contributed by atoms with Crippen molar-refractivity contribution in [3.63, 3.8) is 0 Å². The van der Waals surface area contributed by atoms with Gasteiger partial charge >= 0.3 is 0 Å². The van der Waals surface area contributed by atoms with Gasteiger partial charge in [-0.3, -0.25) is 0 Å². The molecule has 1 aromatic heterocycles. The van der Waals surface area contributed by atoms with Gasteiger partial charge in [-0.1, -0.05) is 18.1 Å². The third kappa shape index (κ3) is 1.29. The summed E-state index contributed by atoms with van der Waals surface area (Å²) < 4.78 is 0. The lowest BCUT2D eigenvalue weighted by Crippen LogP contribution is -1.90. The van der Waals surface area contributed by atoms with Gasteiger partial charge in [-0.05, 0) is 25.5 Å². The first-order chi connectivity index (χ1) is 6.31. The second kappa shape index (κ2) is 2.95. The Morgan fingerprint density at radius 3 is 2.92 bits per heavy atom. The molecule has 2 rings (SSSR count). The zero-order valence-corrected chi connectivity index (χ0v) is 7.33. The van der Waals surface area contributed by atoms with Crippen LogP contribution < -0.4 is 0 Å². The minimum atomic E-state index is -0.0626. The Labute approximate surface area is 77.0 Å². The Morgan fingerprint density at radius 1 is 1.46 bits per heavy atom. The van der Waals surface area contributed by atoms with Gasteiger partial charge in [0.15, 0.2) is 0 Å². The van der Waals surface area contributed by atoms with Gasteiger partial charge < -0.3 is 4.98 Å². The molecule has 0 bridgehead atoms. The topological polar surface area (TPSA) is 28.7 Å². The number of fused-ring (bicyclic) bond motifs is 1. The summed E-state index contributed by atoms with van der Waals surface area (Å²) in [5.41, 5.74) is 1.96. The molecule has 1 aromatic carbocycles. The number of nitrogens with zero attached hydrogens (tertiary/aromatic N) is 1. The third-order valence-electron chi connectivity index (χ3n) is 2.03. The van der Waals surface area contributed by atoms with Crippen LogP contribution in [0.25, 0.3) is 11.0 Å². The van der Waals surface area contributed by atoms with E-state index in [1.807, 2.05) is 31.2 Å². The van der Waals surface area contributed by atoms with E-state index in [0.717, 1.165) is 16.9 Å². The van der Waals surface area contributed by atoms with E-state index in [1.165, 1.54) is 0 Å². The van der Waals surface area contributed by atoms with Crippen LogP contribution in [0.3, 0.4) is 0 Å². The SMILES string of the molecule is [C]#CC(C)c1nc2ccccc2[nH]1. The second-order valence-corrected chi connectivity index (χ2v) is 3.01. The van der Waals surface area contributed by atoms with Crippen LogP contribution in [0, 0.1) is 12.3 Å². The van der Waals surface area contributed by atoms with Crippen LogP contribution in [0.2, 0.25) is 0 Å². The highest BCUT2D eigenvalue weighted by Gasteiger charge is 2.06. The van der Waals surface area contributed by atoms with Gasteiger partial charge in [-0.25, -0.2) is 4.98 Å². The van der Waals surface area contributed by atoms with Crippen LogP contribution in [-0.2, 0) is 0 Å². The number of imidazole rings is 1. The van der Waals surface area contributed by atoms with Crippen molar-refractivity contribution in [1.29, 1.82) is 0 Å². The van der Waals surface area contributed by atoms with Crippen LogP contribution in [-0.4, -0.2) is 9.97 Å². The van der Waals surface area contributed by atoms with Gasteiger partial charge in [0.05, 0.1) is 17.0 Å². The molecule has 1 N–H and O–H groups in total. The zero-order valence-electron chi connectivity index (χ0n) is 7.33. The molecule has 0 saturated carbocycles. The first-order valence-electron chi connectivity index (χ1n) is 4.18. The number of aromatic nitrogens is 2. The fourth-order valence-electron chi connectivity index (χ4n) is 1.25. The number of benzene rings is 1. The van der Waals surface area contributed by atoms with Crippen molar-refractivity contribution in [3.05, 3.63) is 36.5 Å². The molecule has 2 nitrogen and oxygen atoms in total. The summed E-state index contributed by atoms with van der Waals surface area (Å²) in [6, 6.07) is 7.84. The minimum absolute atomic E-state index is 0.0626. The average Bonchev–Trinajstić information content (AvgIpc) is 2.59. The van der Waals surface area contributed by atoms with Crippen LogP contribution >= 0.6 is 0 Å². The zero-order chi connectivity index (χ0) is 9.26. The van der Waals surface area contributed by atoms with Crippen molar-refractivity contribution in [2.75, 3.05) is 0 Å². The van der Waals surface area contributed by atoms with E-state index < -0.39 is 0 Å². The number of nitrogens with one attached hydrogen (secondary N) is 1. The number of hydrogen-bond donors (Lipinski definition) is 1. The fraction of sp³-hybridized carbons (Fsp3) is 0.182. The molecular weight excluding hydrogens is 160 g/mol. The molecule has 0 amide bonds. The van der Waals surface area contributed by atoms with Gasteiger partial charge in [0.2, 0.25) is 0 Å². The van der Waals surface area contributed by atoms with Gasteiger partial charge in [0.25, 0.3) is 0 Å². The largest absolute Gasteiger partial charge is 0.341 e. The predicted octanol–water partition coefficient (Wildman–Crippen LogP) is 2.26. The van der Waals surface area contributed by atoms with Gasteiger partial charge in [0.1, 0.15) is 5.82 Å². The molecule has 1 heterocycles. The van der Waals surface area contributed by atoms with Crippen molar-refractivity contribution in [2.45, 2.75) is 12.8 Å². The molecule has 2 aromatic rings. The Hall–Kier alpha value is -1.75. The Balaban J connectivity index is 2.57. The van der Waals surface area contributed by atoms with Crippen LogP contribution in [0.15, 0.2) is 24.3 Å². The molecule has 0 aliphatic heterocycles. The van der Waals surface area contributed by atoms with Crippen LogP contribution in [0.1, 0.15) is 18.7 Å². The molecule has 0 spiro atoms. The quantitative estimate of drug-likeness (QED) is 0.652. The van der Waals surface area contributed by atoms with E-state index in [-0.39, 0.29) is 5.92 Å². The van der Waals surface area contributed by atoms with Gasteiger partial charge in [-0.2, -0.15) is 0 Å². The molecule has 1 atom stereocenters. The Bertz CT molecular complexity index is 429. The monoisotopic (exact) mass is 169 g/mol. The summed E-state index contributed by atoms with van der Waals surface area (Å²) in [6.45, 7) is 1.89. The third-order valence-corrected chi connectivity index (χ3v) is 2.03. The van der Waals surface area contributed by atoms with E-state index in [2.05, 4.69) is 15.9 Å². The standard InChI is InChI=1S/C11H9N2/c1-3-8(2)11-12-9-6-4-5-7-10(9)13-11/h4-8H,2H3,(H,12,13). The summed E-state index contributed by atoms with van der Waals surface area (Å²) in [7, 11) is 0. The molecule has 0 aliphatic rings. The second-order valence-electron chi connectivity index (χ2n) is 3.01. The first-order valence-corrected chi connectivity index (χ1v) is 4.18. The van der Waals surface area contributed by atoms with Crippen molar-refractivity contribution in [2.24, 2.45) is 0 Å². The molecule has 1 unspecified atom stereocenters. The highest BCUT2D eigenvalue weighted by Crippen LogP contribution is 2.15. The fourth-order valence-corrected chi connectivity index (χ4v) is 1.25. The van der Waals surface area contributed by atoms with Crippen molar-refractivity contribution < 1.29 is 0 Å². The summed E-state index contributed by atoms with van der Waals surface area (Å²) in [5, 5.41) is 0. The number of H-pyrrole nitrogens is 1. The minimum Gasteiger partial charge on any atom is -0.341 e. The van der Waals surface area contributed by atoms with E-state index in [9.17, 15) is 0 Å². The lowest BCUT2D eigenvalue weighted by atomic mass is 10.2. The lowest BCUT2D eigenvalue weighted by molar-refractivity contribution is 0.905. The molecule has 13 heavy (non-hydrogen) atoms.